The van der Waals surface area contributed by atoms with Crippen LogP contribution in [0.25, 0.3) is 0 Å². The van der Waals surface area contributed by atoms with Gasteiger partial charge in [-0.05, 0) is 12.1 Å². The van der Waals surface area contributed by atoms with Crippen LogP contribution in [0.2, 0.25) is 0 Å². The average molecular weight is 256 g/mol. The highest BCUT2D eigenvalue weighted by Crippen LogP contribution is 2.12. The van der Waals surface area contributed by atoms with Crippen molar-refractivity contribution in [1.29, 1.82) is 0 Å². The van der Waals surface area contributed by atoms with Gasteiger partial charge in [0, 0.05) is 14.1 Å². The molecule has 0 unspecified atom stereocenters. The van der Waals surface area contributed by atoms with Gasteiger partial charge in [-0.3, -0.25) is 4.79 Å². The minimum absolute atomic E-state index is 0.0944. The smallest absolute Gasteiger partial charge is 0.287 e. The van der Waals surface area contributed by atoms with Gasteiger partial charge in [-0.1, -0.05) is 23.4 Å². The minimum Gasteiger partial charge on any atom is -0.410 e. The molecule has 0 aliphatic rings. The van der Waals surface area contributed by atoms with Crippen LogP contribution in [0.4, 0.5) is 0 Å². The topological polar surface area (TPSA) is 87.0 Å². The Morgan fingerprint density at radius 2 is 1.76 bits per heavy atom. The van der Waals surface area contributed by atoms with Gasteiger partial charge >= 0.3 is 0 Å². The molecule has 0 aliphatic heterocycles. The summed E-state index contributed by atoms with van der Waals surface area (Å²) in [6, 6.07) is 7.32. The van der Waals surface area contributed by atoms with Crippen molar-refractivity contribution in [1.82, 2.24) is 4.90 Å². The number of hydrogen-bond donors (Lipinski definition) is 1. The molecule has 0 saturated carbocycles. The maximum absolute atomic E-state index is 12.0. The highest BCUT2D eigenvalue weighted by Gasteiger charge is 2.30. The third kappa shape index (κ3) is 2.62. The van der Waals surface area contributed by atoms with Gasteiger partial charge < -0.3 is 10.1 Å². The fourth-order valence-electron chi connectivity index (χ4n) is 1.11. The largest absolute Gasteiger partial charge is 0.410 e. The number of oxime groups is 1. The van der Waals surface area contributed by atoms with E-state index in [-0.39, 0.29) is 4.90 Å². The number of nitrogens with zero attached hydrogens (tertiary/aromatic N) is 2. The van der Waals surface area contributed by atoms with Crippen molar-refractivity contribution < 1.29 is 18.4 Å². The van der Waals surface area contributed by atoms with Crippen LogP contribution >= 0.6 is 0 Å². The molecule has 1 aromatic carbocycles. The first-order valence-corrected chi connectivity index (χ1v) is 6.13. The summed E-state index contributed by atoms with van der Waals surface area (Å²) in [7, 11) is -1.35. The number of hydrogen-bond acceptors (Lipinski definition) is 5. The van der Waals surface area contributed by atoms with Gasteiger partial charge in [0.1, 0.15) is 0 Å². The van der Waals surface area contributed by atoms with Crippen molar-refractivity contribution in [3.05, 3.63) is 30.3 Å². The predicted molar refractivity (Wildman–Crippen MR) is 61.5 cm³/mol. The lowest BCUT2D eigenvalue weighted by Crippen LogP contribution is -2.35. The first-order valence-electron chi connectivity index (χ1n) is 4.65. The standard InChI is InChI=1S/C10H12N2O4S/c1-12(2)10(13)9(11-14)17(15,16)8-6-4-3-5-7-8/h3-7,14H,1-2H3/b11-9+. The number of amides is 1. The molecule has 6 nitrogen and oxygen atoms in total. The van der Waals surface area contributed by atoms with Crippen LogP contribution in [0.15, 0.2) is 40.4 Å². The fraction of sp³-hybridized carbons (Fsp3) is 0.200. The van der Waals surface area contributed by atoms with E-state index < -0.39 is 20.8 Å². The summed E-state index contributed by atoms with van der Waals surface area (Å²) < 4.78 is 23.9. The van der Waals surface area contributed by atoms with E-state index in [1.807, 2.05) is 0 Å². The predicted octanol–water partition coefficient (Wildman–Crippen LogP) is 0.336. The summed E-state index contributed by atoms with van der Waals surface area (Å²) in [5, 5.41) is 10.4. The normalized spacial score (nSPS) is 12.2. The molecule has 0 bridgehead atoms. The Hall–Kier alpha value is -1.89. The number of carbonyl (C=O) groups is 1. The molecule has 0 spiro atoms. The van der Waals surface area contributed by atoms with Crippen LogP contribution in [0.3, 0.4) is 0 Å². The van der Waals surface area contributed by atoms with E-state index in [0.717, 1.165) is 4.90 Å². The van der Waals surface area contributed by atoms with Gasteiger partial charge in [0.05, 0.1) is 4.90 Å². The highest BCUT2D eigenvalue weighted by atomic mass is 32.2. The molecule has 92 valence electrons. The average Bonchev–Trinajstić information content (AvgIpc) is 2.30. The summed E-state index contributed by atoms with van der Waals surface area (Å²) in [6.45, 7) is 0. The monoisotopic (exact) mass is 256 g/mol. The Morgan fingerprint density at radius 1 is 1.24 bits per heavy atom. The van der Waals surface area contributed by atoms with Gasteiger partial charge in [0.25, 0.3) is 11.0 Å². The Balaban J connectivity index is 3.28. The van der Waals surface area contributed by atoms with E-state index in [4.69, 9.17) is 5.21 Å². The highest BCUT2D eigenvalue weighted by molar-refractivity contribution is 8.08. The molecule has 1 aromatic rings. The molecular formula is C10H12N2O4S. The second-order valence-corrected chi connectivity index (χ2v) is 5.29. The van der Waals surface area contributed by atoms with E-state index in [1.165, 1.54) is 38.4 Å². The van der Waals surface area contributed by atoms with E-state index in [9.17, 15) is 13.2 Å². The van der Waals surface area contributed by atoms with Gasteiger partial charge in [-0.25, -0.2) is 8.42 Å². The summed E-state index contributed by atoms with van der Waals surface area (Å²) in [5.74, 6) is -0.878. The maximum atomic E-state index is 12.0. The lowest BCUT2D eigenvalue weighted by Gasteiger charge is -2.11. The number of sulfone groups is 1. The molecule has 0 heterocycles. The molecule has 17 heavy (non-hydrogen) atoms. The van der Waals surface area contributed by atoms with Crippen molar-refractivity contribution >= 4 is 20.8 Å². The van der Waals surface area contributed by atoms with Crippen LogP contribution in [0.1, 0.15) is 0 Å². The molecule has 1 N–H and O–H groups in total. The van der Waals surface area contributed by atoms with Crippen molar-refractivity contribution in [3.63, 3.8) is 0 Å². The molecule has 0 aliphatic carbocycles. The Morgan fingerprint density at radius 3 is 2.18 bits per heavy atom. The molecular weight excluding hydrogens is 244 g/mol. The SMILES string of the molecule is CN(C)C(=O)/C(=N\O)S(=O)(=O)c1ccccc1. The van der Waals surface area contributed by atoms with E-state index >= 15 is 0 Å². The summed E-state index contributed by atoms with van der Waals surface area (Å²) >= 11 is 0. The van der Waals surface area contributed by atoms with E-state index in [0.29, 0.717) is 0 Å². The first-order chi connectivity index (χ1) is 7.91. The zero-order valence-electron chi connectivity index (χ0n) is 9.36. The van der Waals surface area contributed by atoms with Gasteiger partial charge in [0.15, 0.2) is 0 Å². The van der Waals surface area contributed by atoms with Crippen molar-refractivity contribution in [2.24, 2.45) is 5.16 Å². The summed E-state index contributed by atoms with van der Waals surface area (Å²) in [4.78, 5) is 12.5. The van der Waals surface area contributed by atoms with Crippen LogP contribution in [-0.2, 0) is 14.6 Å². The summed E-state index contributed by atoms with van der Waals surface area (Å²) in [5.41, 5.74) is 0. The third-order valence-electron chi connectivity index (χ3n) is 1.99. The van der Waals surface area contributed by atoms with Crippen molar-refractivity contribution in [2.75, 3.05) is 14.1 Å². The van der Waals surface area contributed by atoms with Crippen LogP contribution in [0, 0.1) is 0 Å². The molecule has 0 atom stereocenters. The molecule has 0 aromatic heterocycles. The molecule has 0 fully saturated rings. The zero-order chi connectivity index (χ0) is 13.1. The maximum Gasteiger partial charge on any atom is 0.287 e. The fourth-order valence-corrected chi connectivity index (χ4v) is 2.37. The van der Waals surface area contributed by atoms with Crippen LogP contribution in [-0.4, -0.2) is 43.6 Å². The van der Waals surface area contributed by atoms with E-state index in [2.05, 4.69) is 5.16 Å². The Labute approximate surface area is 99.1 Å². The molecule has 0 radical (unpaired) electrons. The Bertz CT molecular complexity index is 535. The van der Waals surface area contributed by atoms with E-state index in [1.54, 1.807) is 6.07 Å². The third-order valence-corrected chi connectivity index (χ3v) is 3.65. The zero-order valence-corrected chi connectivity index (χ0v) is 10.2. The molecule has 1 rings (SSSR count). The van der Waals surface area contributed by atoms with Crippen molar-refractivity contribution in [2.45, 2.75) is 4.90 Å². The van der Waals surface area contributed by atoms with Crippen molar-refractivity contribution in [3.8, 4) is 0 Å². The lowest BCUT2D eigenvalue weighted by atomic mass is 10.4. The number of rotatable bonds is 1. The lowest BCUT2D eigenvalue weighted by molar-refractivity contribution is -0.121. The van der Waals surface area contributed by atoms with Crippen LogP contribution < -0.4 is 0 Å². The number of carbonyl (C=O) groups excluding carboxylic acids is 1. The summed E-state index contributed by atoms with van der Waals surface area (Å²) in [6.07, 6.45) is 0. The second-order valence-electron chi connectivity index (χ2n) is 3.42. The van der Waals surface area contributed by atoms with Gasteiger partial charge in [-0.15, -0.1) is 0 Å². The minimum atomic E-state index is -4.09. The quantitative estimate of drug-likeness (QED) is 0.339. The number of benzene rings is 1. The first kappa shape index (κ1) is 13.2. The Kier molecular flexibility index (Phi) is 3.84. The molecule has 0 saturated heterocycles. The van der Waals surface area contributed by atoms with Gasteiger partial charge in [-0.2, -0.15) is 0 Å². The molecule has 7 heteroatoms. The second kappa shape index (κ2) is 4.96. The van der Waals surface area contributed by atoms with Gasteiger partial charge in [0.2, 0.25) is 9.84 Å². The van der Waals surface area contributed by atoms with Crippen LogP contribution in [0.5, 0.6) is 0 Å². The molecule has 1 amide bonds.